The molecule has 1 saturated carbocycles. The highest BCUT2D eigenvalue weighted by atomic mass is 14.7. The lowest BCUT2D eigenvalue weighted by Crippen LogP contribution is -2.10. The third kappa shape index (κ3) is 2.92. The molecule has 1 unspecified atom stereocenters. The molecule has 0 amide bonds. The Morgan fingerprint density at radius 1 is 0.783 bits per heavy atom. The van der Waals surface area contributed by atoms with Crippen LogP contribution in [0.4, 0.5) is 0 Å². The normalized spacial score (nSPS) is 20.7. The Bertz CT molecular complexity index is 766. The average molecular weight is 299 g/mol. The summed E-state index contributed by atoms with van der Waals surface area (Å²) in [5.74, 6) is 0.517. The Labute approximate surface area is 138 Å². The summed E-state index contributed by atoms with van der Waals surface area (Å²) in [5.41, 5.74) is 6.34. The topological polar surface area (TPSA) is 12.4 Å². The minimum absolute atomic E-state index is 0.517. The van der Waals surface area contributed by atoms with Gasteiger partial charge in [0.05, 0.1) is 5.70 Å². The van der Waals surface area contributed by atoms with Crippen molar-refractivity contribution in [2.24, 2.45) is 10.9 Å². The minimum Gasteiger partial charge on any atom is -0.259 e. The number of hydrogen-bond acceptors (Lipinski definition) is 1. The van der Waals surface area contributed by atoms with E-state index in [4.69, 9.17) is 4.99 Å². The number of fused-ring (bicyclic) bond motifs is 1. The van der Waals surface area contributed by atoms with Crippen LogP contribution < -0.4 is 0 Å². The van der Waals surface area contributed by atoms with Gasteiger partial charge in [0.15, 0.2) is 0 Å². The molecule has 2 aromatic carbocycles. The Balaban J connectivity index is 1.91. The molecule has 1 nitrogen and oxygen atoms in total. The number of aliphatic imine (C=N–C) groups is 1. The van der Waals surface area contributed by atoms with Gasteiger partial charge in [-0.15, -0.1) is 0 Å². The third-order valence-corrected chi connectivity index (χ3v) is 4.81. The van der Waals surface area contributed by atoms with Crippen molar-refractivity contribution in [2.75, 3.05) is 0 Å². The summed E-state index contributed by atoms with van der Waals surface area (Å²) >= 11 is 0. The Morgan fingerprint density at radius 3 is 2.22 bits per heavy atom. The van der Waals surface area contributed by atoms with E-state index < -0.39 is 0 Å². The maximum atomic E-state index is 4.94. The molecular weight excluding hydrogens is 278 g/mol. The number of allylic oxidation sites excluding steroid dienone is 3. The van der Waals surface area contributed by atoms with Crippen molar-refractivity contribution in [3.05, 3.63) is 83.4 Å². The first-order valence-corrected chi connectivity index (χ1v) is 8.51. The molecule has 0 spiro atoms. The highest BCUT2D eigenvalue weighted by Crippen LogP contribution is 2.37. The van der Waals surface area contributed by atoms with Crippen molar-refractivity contribution in [3.63, 3.8) is 0 Å². The van der Waals surface area contributed by atoms with Crippen LogP contribution in [0.1, 0.15) is 36.8 Å². The van der Waals surface area contributed by atoms with Crippen LogP contribution in [0, 0.1) is 5.92 Å². The summed E-state index contributed by atoms with van der Waals surface area (Å²) in [6.07, 6.45) is 9.65. The quantitative estimate of drug-likeness (QED) is 0.669. The first kappa shape index (κ1) is 14.2. The van der Waals surface area contributed by atoms with Gasteiger partial charge in [-0.3, -0.25) is 4.99 Å². The standard InChI is InChI=1S/C22H21N/c1-3-9-17(10-4-1)21-15-19-13-7-8-14-20(19)16-23-22(21)18-11-5-2-6-12-18/h1-6,9-12,15-16,20H,7-8,13-14H2. The van der Waals surface area contributed by atoms with E-state index in [9.17, 15) is 0 Å². The molecular formula is C22H21N. The van der Waals surface area contributed by atoms with Gasteiger partial charge < -0.3 is 0 Å². The molecule has 1 atom stereocenters. The highest BCUT2D eigenvalue weighted by molar-refractivity contribution is 5.99. The zero-order valence-corrected chi connectivity index (χ0v) is 13.3. The smallest absolute Gasteiger partial charge is 0.0776 e. The fourth-order valence-corrected chi connectivity index (χ4v) is 3.57. The molecule has 0 bridgehead atoms. The molecule has 1 heteroatoms. The van der Waals surface area contributed by atoms with Gasteiger partial charge in [0, 0.05) is 23.3 Å². The minimum atomic E-state index is 0.517. The molecule has 1 heterocycles. The maximum absolute atomic E-state index is 4.94. The van der Waals surface area contributed by atoms with Gasteiger partial charge in [0.1, 0.15) is 0 Å². The van der Waals surface area contributed by atoms with Gasteiger partial charge in [-0.25, -0.2) is 0 Å². The number of rotatable bonds is 2. The zero-order valence-electron chi connectivity index (χ0n) is 13.3. The van der Waals surface area contributed by atoms with Gasteiger partial charge >= 0.3 is 0 Å². The highest BCUT2D eigenvalue weighted by Gasteiger charge is 2.21. The molecule has 0 radical (unpaired) electrons. The molecule has 2 aliphatic rings. The third-order valence-electron chi connectivity index (χ3n) is 4.81. The van der Waals surface area contributed by atoms with Gasteiger partial charge in [-0.2, -0.15) is 0 Å². The molecule has 4 rings (SSSR count). The second kappa shape index (κ2) is 6.37. The van der Waals surface area contributed by atoms with Crippen LogP contribution in [0.15, 0.2) is 77.3 Å². The maximum Gasteiger partial charge on any atom is 0.0776 e. The van der Waals surface area contributed by atoms with Crippen LogP contribution in [0.2, 0.25) is 0 Å². The van der Waals surface area contributed by atoms with Crippen LogP contribution in [-0.2, 0) is 0 Å². The monoisotopic (exact) mass is 299 g/mol. The van der Waals surface area contributed by atoms with Crippen LogP contribution in [-0.4, -0.2) is 6.21 Å². The Hall–Kier alpha value is -2.41. The first-order valence-electron chi connectivity index (χ1n) is 8.51. The number of hydrogen-bond donors (Lipinski definition) is 0. The van der Waals surface area contributed by atoms with Gasteiger partial charge in [-0.1, -0.05) is 78.7 Å². The molecule has 2 aromatic rings. The fourth-order valence-electron chi connectivity index (χ4n) is 3.57. The lowest BCUT2D eigenvalue weighted by Gasteiger charge is -2.21. The molecule has 1 fully saturated rings. The van der Waals surface area contributed by atoms with Crippen LogP contribution >= 0.6 is 0 Å². The van der Waals surface area contributed by atoms with Gasteiger partial charge in [0.2, 0.25) is 0 Å². The first-order chi connectivity index (χ1) is 11.4. The number of nitrogens with zero attached hydrogens (tertiary/aromatic N) is 1. The lowest BCUT2D eigenvalue weighted by molar-refractivity contribution is 0.545. The van der Waals surface area contributed by atoms with E-state index in [0.717, 1.165) is 5.70 Å². The lowest BCUT2D eigenvalue weighted by atomic mass is 9.83. The molecule has 23 heavy (non-hydrogen) atoms. The second-order valence-corrected chi connectivity index (χ2v) is 6.34. The molecule has 0 N–H and O–H groups in total. The summed E-state index contributed by atoms with van der Waals surface area (Å²) < 4.78 is 0. The van der Waals surface area contributed by atoms with Crippen molar-refractivity contribution < 1.29 is 0 Å². The number of benzene rings is 2. The Morgan fingerprint density at radius 2 is 1.48 bits per heavy atom. The average Bonchev–Trinajstić information content (AvgIpc) is 2.83. The predicted octanol–water partition coefficient (Wildman–Crippen LogP) is 5.76. The zero-order chi connectivity index (χ0) is 15.5. The van der Waals surface area contributed by atoms with Crippen molar-refractivity contribution in [2.45, 2.75) is 25.7 Å². The van der Waals surface area contributed by atoms with E-state index in [1.54, 1.807) is 5.57 Å². The molecule has 114 valence electrons. The van der Waals surface area contributed by atoms with Crippen LogP contribution in [0.25, 0.3) is 11.3 Å². The molecule has 0 aromatic heterocycles. The van der Waals surface area contributed by atoms with E-state index in [1.807, 2.05) is 0 Å². The van der Waals surface area contributed by atoms with Gasteiger partial charge in [0.25, 0.3) is 0 Å². The summed E-state index contributed by atoms with van der Waals surface area (Å²) in [7, 11) is 0. The van der Waals surface area contributed by atoms with Crippen molar-refractivity contribution >= 4 is 17.5 Å². The SMILES string of the molecule is C1=NC(c2ccccc2)=C(c2ccccc2)C=C2CCCCC12. The largest absolute Gasteiger partial charge is 0.259 e. The van der Waals surface area contributed by atoms with Gasteiger partial charge in [-0.05, 0) is 24.8 Å². The van der Waals surface area contributed by atoms with Crippen molar-refractivity contribution in [1.29, 1.82) is 0 Å². The van der Waals surface area contributed by atoms with Crippen LogP contribution in [0.5, 0.6) is 0 Å². The van der Waals surface area contributed by atoms with E-state index in [2.05, 4.69) is 73.0 Å². The van der Waals surface area contributed by atoms with Crippen LogP contribution in [0.3, 0.4) is 0 Å². The summed E-state index contributed by atoms with van der Waals surface area (Å²) in [4.78, 5) is 4.94. The molecule has 0 saturated heterocycles. The fraction of sp³-hybridized carbons (Fsp3) is 0.227. The molecule has 1 aliphatic carbocycles. The van der Waals surface area contributed by atoms with E-state index >= 15 is 0 Å². The molecule has 1 aliphatic heterocycles. The van der Waals surface area contributed by atoms with E-state index in [-0.39, 0.29) is 0 Å². The second-order valence-electron chi connectivity index (χ2n) is 6.34. The predicted molar refractivity (Wildman–Crippen MR) is 98.2 cm³/mol. The summed E-state index contributed by atoms with van der Waals surface area (Å²) in [6.45, 7) is 0. The van der Waals surface area contributed by atoms with E-state index in [1.165, 1.54) is 42.4 Å². The Kier molecular flexibility index (Phi) is 3.94. The van der Waals surface area contributed by atoms with Crippen molar-refractivity contribution in [3.8, 4) is 0 Å². The summed E-state index contributed by atoms with van der Waals surface area (Å²) in [6, 6.07) is 21.2. The summed E-state index contributed by atoms with van der Waals surface area (Å²) in [5, 5.41) is 0. The van der Waals surface area contributed by atoms with Crippen molar-refractivity contribution in [1.82, 2.24) is 0 Å². The van der Waals surface area contributed by atoms with E-state index in [0.29, 0.717) is 5.92 Å².